The first-order chi connectivity index (χ1) is 13.8. The molecule has 1 N–H and O–H groups in total. The number of halogens is 2. The molecule has 2 aromatic rings. The first kappa shape index (κ1) is 23.2. The fourth-order valence-corrected chi connectivity index (χ4v) is 3.56. The highest BCUT2D eigenvalue weighted by Gasteiger charge is 2.26. The van der Waals surface area contributed by atoms with E-state index < -0.39 is 6.04 Å². The third kappa shape index (κ3) is 6.75. The summed E-state index contributed by atoms with van der Waals surface area (Å²) in [6.45, 7) is 6.43. The molecule has 1 atom stereocenters. The maximum absolute atomic E-state index is 13.0. The Morgan fingerprint density at radius 2 is 1.97 bits per heavy atom. The van der Waals surface area contributed by atoms with Crippen LogP contribution in [0.1, 0.15) is 31.4 Å². The van der Waals surface area contributed by atoms with Gasteiger partial charge in [0.25, 0.3) is 5.91 Å². The van der Waals surface area contributed by atoms with Crippen LogP contribution < -0.4 is 10.1 Å². The van der Waals surface area contributed by atoms with Crippen molar-refractivity contribution in [2.24, 2.45) is 0 Å². The van der Waals surface area contributed by atoms with Gasteiger partial charge in [-0.2, -0.15) is 0 Å². The number of rotatable bonds is 9. The summed E-state index contributed by atoms with van der Waals surface area (Å²) in [6, 6.07) is 12.3. The Morgan fingerprint density at radius 1 is 1.24 bits per heavy atom. The van der Waals surface area contributed by atoms with E-state index in [-0.39, 0.29) is 18.4 Å². The summed E-state index contributed by atoms with van der Waals surface area (Å²) in [7, 11) is 0. The van der Waals surface area contributed by atoms with Crippen molar-refractivity contribution in [2.75, 3.05) is 13.2 Å². The van der Waals surface area contributed by atoms with Crippen LogP contribution in [0.5, 0.6) is 5.75 Å². The zero-order valence-corrected chi connectivity index (χ0v) is 19.2. The van der Waals surface area contributed by atoms with Crippen LogP contribution in [0, 0.1) is 6.92 Å². The Bertz CT molecular complexity index is 860. The predicted octanol–water partition coefficient (Wildman–Crippen LogP) is 4.73. The van der Waals surface area contributed by atoms with E-state index in [4.69, 9.17) is 16.3 Å². The molecular formula is C22H26BrClN2O3. The van der Waals surface area contributed by atoms with Crippen molar-refractivity contribution in [3.8, 4) is 5.75 Å². The van der Waals surface area contributed by atoms with Crippen LogP contribution >= 0.6 is 27.5 Å². The largest absolute Gasteiger partial charge is 0.483 e. The minimum atomic E-state index is -0.620. The van der Waals surface area contributed by atoms with Crippen molar-refractivity contribution in [1.29, 1.82) is 0 Å². The second kappa shape index (κ2) is 11.2. The zero-order chi connectivity index (χ0) is 21.4. The normalized spacial score (nSPS) is 11.6. The molecule has 0 heterocycles. The first-order valence-corrected chi connectivity index (χ1v) is 10.7. The number of amides is 2. The van der Waals surface area contributed by atoms with Gasteiger partial charge >= 0.3 is 0 Å². The number of carbonyl (C=O) groups is 2. The molecule has 29 heavy (non-hydrogen) atoms. The highest BCUT2D eigenvalue weighted by atomic mass is 79.9. The van der Waals surface area contributed by atoms with Crippen LogP contribution in [0.15, 0.2) is 46.9 Å². The average Bonchev–Trinajstić information content (AvgIpc) is 2.70. The third-order valence-electron chi connectivity index (χ3n) is 4.56. The average molecular weight is 482 g/mol. The summed E-state index contributed by atoms with van der Waals surface area (Å²) in [5.74, 6) is 0.0670. The molecule has 0 aliphatic carbocycles. The first-order valence-electron chi connectivity index (χ1n) is 9.53. The van der Waals surface area contributed by atoms with E-state index in [0.29, 0.717) is 28.3 Å². The van der Waals surface area contributed by atoms with Gasteiger partial charge in [0, 0.05) is 18.1 Å². The molecule has 0 aliphatic heterocycles. The van der Waals surface area contributed by atoms with Crippen LogP contribution in [0.4, 0.5) is 0 Å². The summed E-state index contributed by atoms with van der Waals surface area (Å²) in [5, 5.41) is 3.43. The van der Waals surface area contributed by atoms with Crippen molar-refractivity contribution in [1.82, 2.24) is 10.2 Å². The molecule has 2 rings (SSSR count). The smallest absolute Gasteiger partial charge is 0.261 e. The summed E-state index contributed by atoms with van der Waals surface area (Å²) in [5.41, 5.74) is 2.05. The van der Waals surface area contributed by atoms with Gasteiger partial charge in [-0.15, -0.1) is 0 Å². The Morgan fingerprint density at radius 3 is 2.62 bits per heavy atom. The SMILES string of the molecule is CCCNC(=O)C(C)N(Cc1ccccc1C)C(=O)COc1ccc(Cl)cc1Br. The van der Waals surface area contributed by atoms with E-state index in [1.807, 2.05) is 38.1 Å². The fourth-order valence-electron chi connectivity index (χ4n) is 2.76. The molecule has 0 fully saturated rings. The maximum atomic E-state index is 13.0. The van der Waals surface area contributed by atoms with Crippen LogP contribution in [-0.2, 0) is 16.1 Å². The number of hydrogen-bond donors (Lipinski definition) is 1. The fraction of sp³-hybridized carbons (Fsp3) is 0.364. The number of benzene rings is 2. The van der Waals surface area contributed by atoms with Crippen molar-refractivity contribution < 1.29 is 14.3 Å². The number of ether oxygens (including phenoxy) is 1. The zero-order valence-electron chi connectivity index (χ0n) is 16.9. The minimum absolute atomic E-state index is 0.179. The van der Waals surface area contributed by atoms with Crippen molar-refractivity contribution in [3.63, 3.8) is 0 Å². The second-order valence-electron chi connectivity index (χ2n) is 6.78. The molecule has 2 aromatic carbocycles. The van der Waals surface area contributed by atoms with E-state index in [0.717, 1.165) is 17.5 Å². The predicted molar refractivity (Wildman–Crippen MR) is 119 cm³/mol. The molecule has 2 amide bonds. The van der Waals surface area contributed by atoms with Gasteiger partial charge in [0.2, 0.25) is 5.91 Å². The lowest BCUT2D eigenvalue weighted by Crippen LogP contribution is -2.49. The van der Waals surface area contributed by atoms with Gasteiger partial charge < -0.3 is 15.0 Å². The molecule has 0 saturated heterocycles. The molecule has 7 heteroatoms. The molecule has 0 spiro atoms. The molecule has 5 nitrogen and oxygen atoms in total. The van der Waals surface area contributed by atoms with Crippen LogP contribution in [-0.4, -0.2) is 35.9 Å². The molecule has 0 aliphatic rings. The molecule has 1 unspecified atom stereocenters. The summed E-state index contributed by atoms with van der Waals surface area (Å²) < 4.78 is 6.35. The summed E-state index contributed by atoms with van der Waals surface area (Å²) in [4.78, 5) is 27.1. The monoisotopic (exact) mass is 480 g/mol. The topological polar surface area (TPSA) is 58.6 Å². The van der Waals surface area contributed by atoms with Gasteiger partial charge in [-0.25, -0.2) is 0 Å². The van der Waals surface area contributed by atoms with Crippen LogP contribution in [0.3, 0.4) is 0 Å². The molecule has 0 saturated carbocycles. The molecule has 0 radical (unpaired) electrons. The lowest BCUT2D eigenvalue weighted by Gasteiger charge is -2.29. The lowest BCUT2D eigenvalue weighted by atomic mass is 10.1. The Balaban J connectivity index is 2.17. The number of aryl methyl sites for hydroxylation is 1. The van der Waals surface area contributed by atoms with Crippen LogP contribution in [0.2, 0.25) is 5.02 Å². The highest BCUT2D eigenvalue weighted by Crippen LogP contribution is 2.28. The van der Waals surface area contributed by atoms with Crippen LogP contribution in [0.25, 0.3) is 0 Å². The second-order valence-corrected chi connectivity index (χ2v) is 8.07. The Labute approximate surface area is 185 Å². The molecule has 0 bridgehead atoms. The lowest BCUT2D eigenvalue weighted by molar-refractivity contribution is -0.142. The number of nitrogens with one attached hydrogen (secondary N) is 1. The molecular weight excluding hydrogens is 456 g/mol. The minimum Gasteiger partial charge on any atom is -0.483 e. The van der Waals surface area contributed by atoms with E-state index >= 15 is 0 Å². The van der Waals surface area contributed by atoms with Gasteiger partial charge in [0.1, 0.15) is 11.8 Å². The van der Waals surface area contributed by atoms with E-state index in [2.05, 4.69) is 21.2 Å². The van der Waals surface area contributed by atoms with Crippen molar-refractivity contribution in [2.45, 2.75) is 39.8 Å². The van der Waals surface area contributed by atoms with Gasteiger partial charge in [-0.1, -0.05) is 42.8 Å². The van der Waals surface area contributed by atoms with Crippen molar-refractivity contribution >= 4 is 39.3 Å². The maximum Gasteiger partial charge on any atom is 0.261 e. The van der Waals surface area contributed by atoms with Gasteiger partial charge in [-0.3, -0.25) is 9.59 Å². The van der Waals surface area contributed by atoms with E-state index in [9.17, 15) is 9.59 Å². The summed E-state index contributed by atoms with van der Waals surface area (Å²) >= 11 is 9.33. The number of nitrogens with zero attached hydrogens (tertiary/aromatic N) is 1. The number of hydrogen-bond acceptors (Lipinski definition) is 3. The third-order valence-corrected chi connectivity index (χ3v) is 5.42. The van der Waals surface area contributed by atoms with Gasteiger partial charge in [0.05, 0.1) is 4.47 Å². The Hall–Kier alpha value is -2.05. The molecule has 156 valence electrons. The summed E-state index contributed by atoms with van der Waals surface area (Å²) in [6.07, 6.45) is 0.831. The quantitative estimate of drug-likeness (QED) is 0.563. The van der Waals surface area contributed by atoms with E-state index in [1.165, 1.54) is 0 Å². The standard InChI is InChI=1S/C22H26BrClN2O3/c1-4-11-25-22(28)16(3)26(13-17-8-6-5-7-15(17)2)21(27)14-29-20-10-9-18(24)12-19(20)23/h5-10,12,16H,4,11,13-14H2,1-3H3,(H,25,28). The van der Waals surface area contributed by atoms with Gasteiger partial charge in [-0.05, 0) is 65.5 Å². The number of carbonyl (C=O) groups excluding carboxylic acids is 2. The Kier molecular flexibility index (Phi) is 8.99. The van der Waals surface area contributed by atoms with Gasteiger partial charge in [0.15, 0.2) is 6.61 Å². The molecule has 0 aromatic heterocycles. The van der Waals surface area contributed by atoms with E-state index in [1.54, 1.807) is 30.0 Å². The van der Waals surface area contributed by atoms with Crippen molar-refractivity contribution in [3.05, 3.63) is 63.1 Å². The highest BCUT2D eigenvalue weighted by molar-refractivity contribution is 9.10.